The highest BCUT2D eigenvalue weighted by Gasteiger charge is 2.32. The van der Waals surface area contributed by atoms with Crippen molar-refractivity contribution < 1.29 is 27.9 Å². The summed E-state index contributed by atoms with van der Waals surface area (Å²) in [7, 11) is 0. The summed E-state index contributed by atoms with van der Waals surface area (Å²) >= 11 is 0. The van der Waals surface area contributed by atoms with Crippen LogP contribution in [-0.4, -0.2) is 31.7 Å². The number of anilines is 1. The summed E-state index contributed by atoms with van der Waals surface area (Å²) < 4.78 is 39.4. The second kappa shape index (κ2) is 10.6. The Hall–Kier alpha value is -4.15. The zero-order valence-electron chi connectivity index (χ0n) is 18.1. The molecule has 3 aromatic rings. The van der Waals surface area contributed by atoms with Crippen LogP contribution in [0.5, 0.6) is 0 Å². The summed E-state index contributed by atoms with van der Waals surface area (Å²) in [5.74, 6) is -1.35. The lowest BCUT2D eigenvalue weighted by molar-refractivity contribution is -0.137. The minimum atomic E-state index is -4.47. The number of pyridine rings is 1. The van der Waals surface area contributed by atoms with Crippen molar-refractivity contribution in [1.82, 2.24) is 20.1 Å². The van der Waals surface area contributed by atoms with Gasteiger partial charge in [0.05, 0.1) is 29.7 Å². The standard InChI is InChI=1S/C23H22F3N5O3/c1-2-3-19(15-4-6-16(7-5-15)22(34)27-11-10-21(32)33)30-18-8-9-20(28-13-18)31-14-17(12-29-31)23(24,25)26/h4-14,19,30H,2-3H2,1H3,(H,27,34)(H,32,33)/b11-10+. The van der Waals surface area contributed by atoms with E-state index in [1.54, 1.807) is 36.4 Å². The van der Waals surface area contributed by atoms with Gasteiger partial charge in [-0.25, -0.2) is 14.5 Å². The van der Waals surface area contributed by atoms with E-state index >= 15 is 0 Å². The lowest BCUT2D eigenvalue weighted by atomic mass is 10.0. The Kier molecular flexibility index (Phi) is 7.67. The fourth-order valence-corrected chi connectivity index (χ4v) is 3.15. The van der Waals surface area contributed by atoms with Crippen molar-refractivity contribution in [3.05, 3.63) is 84.0 Å². The Bertz CT molecular complexity index is 1160. The molecule has 0 aliphatic rings. The zero-order chi connectivity index (χ0) is 24.7. The SMILES string of the molecule is CCCC(Nc1ccc(-n2cc(C(F)(F)F)cn2)nc1)c1ccc(C(=O)N/C=C/C(=O)O)cc1. The third-order valence-electron chi connectivity index (χ3n) is 4.83. The van der Waals surface area contributed by atoms with Gasteiger partial charge in [0.25, 0.3) is 5.91 Å². The molecule has 3 N–H and O–H groups in total. The largest absolute Gasteiger partial charge is 0.478 e. The van der Waals surface area contributed by atoms with Gasteiger partial charge < -0.3 is 15.7 Å². The highest BCUT2D eigenvalue weighted by atomic mass is 19.4. The Morgan fingerprint density at radius 1 is 1.15 bits per heavy atom. The minimum Gasteiger partial charge on any atom is -0.478 e. The minimum absolute atomic E-state index is 0.0943. The molecule has 0 saturated heterocycles. The number of amides is 1. The maximum atomic E-state index is 12.8. The van der Waals surface area contributed by atoms with Crippen molar-refractivity contribution in [2.45, 2.75) is 32.0 Å². The van der Waals surface area contributed by atoms with E-state index in [1.165, 1.54) is 6.20 Å². The van der Waals surface area contributed by atoms with E-state index in [1.807, 2.05) is 6.92 Å². The first kappa shape index (κ1) is 24.5. The van der Waals surface area contributed by atoms with Crippen molar-refractivity contribution in [3.8, 4) is 5.82 Å². The van der Waals surface area contributed by atoms with E-state index in [-0.39, 0.29) is 11.9 Å². The molecule has 11 heteroatoms. The summed E-state index contributed by atoms with van der Waals surface area (Å²) in [5.41, 5.74) is 1.11. The number of rotatable bonds is 9. The van der Waals surface area contributed by atoms with E-state index in [9.17, 15) is 22.8 Å². The van der Waals surface area contributed by atoms with Crippen molar-refractivity contribution in [1.29, 1.82) is 0 Å². The van der Waals surface area contributed by atoms with Crippen LogP contribution >= 0.6 is 0 Å². The molecule has 1 atom stereocenters. The fourth-order valence-electron chi connectivity index (χ4n) is 3.15. The molecule has 1 unspecified atom stereocenters. The highest BCUT2D eigenvalue weighted by Crippen LogP contribution is 2.29. The van der Waals surface area contributed by atoms with Crippen LogP contribution in [0.2, 0.25) is 0 Å². The van der Waals surface area contributed by atoms with Gasteiger partial charge in [0.15, 0.2) is 5.82 Å². The molecule has 178 valence electrons. The highest BCUT2D eigenvalue weighted by molar-refractivity contribution is 5.95. The monoisotopic (exact) mass is 473 g/mol. The summed E-state index contributed by atoms with van der Waals surface area (Å²) in [5, 5.41) is 18.0. The van der Waals surface area contributed by atoms with Crippen molar-refractivity contribution in [2.75, 3.05) is 5.32 Å². The van der Waals surface area contributed by atoms with Crippen LogP contribution < -0.4 is 10.6 Å². The number of benzene rings is 1. The molecule has 0 spiro atoms. The molecule has 0 aliphatic carbocycles. The van der Waals surface area contributed by atoms with Crippen LogP contribution in [0.15, 0.2) is 67.3 Å². The molecule has 2 aromatic heterocycles. The van der Waals surface area contributed by atoms with Crippen molar-refractivity contribution in [3.63, 3.8) is 0 Å². The lowest BCUT2D eigenvalue weighted by Gasteiger charge is -2.20. The maximum Gasteiger partial charge on any atom is 0.419 e. The van der Waals surface area contributed by atoms with Crippen LogP contribution in [0, 0.1) is 0 Å². The second-order valence-electron chi connectivity index (χ2n) is 7.33. The molecule has 0 radical (unpaired) electrons. The number of hydrogen-bond acceptors (Lipinski definition) is 5. The van der Waals surface area contributed by atoms with E-state index in [2.05, 4.69) is 20.7 Å². The van der Waals surface area contributed by atoms with Gasteiger partial charge in [0, 0.05) is 24.0 Å². The predicted molar refractivity (Wildman–Crippen MR) is 118 cm³/mol. The predicted octanol–water partition coefficient (Wildman–Crippen LogP) is 4.57. The first-order valence-corrected chi connectivity index (χ1v) is 10.3. The van der Waals surface area contributed by atoms with E-state index in [4.69, 9.17) is 5.11 Å². The van der Waals surface area contributed by atoms with Gasteiger partial charge in [0.2, 0.25) is 0 Å². The third kappa shape index (κ3) is 6.44. The number of aromatic nitrogens is 3. The molecule has 0 fully saturated rings. The topological polar surface area (TPSA) is 109 Å². The molecule has 34 heavy (non-hydrogen) atoms. The maximum absolute atomic E-state index is 12.8. The van der Waals surface area contributed by atoms with Gasteiger partial charge in [0.1, 0.15) is 0 Å². The quantitative estimate of drug-likeness (QED) is 0.393. The molecular formula is C23H22F3N5O3. The number of nitrogens with one attached hydrogen (secondary N) is 2. The van der Waals surface area contributed by atoms with Gasteiger partial charge in [-0.3, -0.25) is 4.79 Å². The number of carbonyl (C=O) groups excluding carboxylic acids is 1. The zero-order valence-corrected chi connectivity index (χ0v) is 18.1. The molecule has 0 saturated carbocycles. The number of hydrogen-bond donors (Lipinski definition) is 3. The smallest absolute Gasteiger partial charge is 0.419 e. The van der Waals surface area contributed by atoms with Gasteiger partial charge in [-0.2, -0.15) is 18.3 Å². The number of carboxylic acid groups (broad SMARTS) is 1. The molecule has 8 nitrogen and oxygen atoms in total. The Morgan fingerprint density at radius 3 is 2.44 bits per heavy atom. The van der Waals surface area contributed by atoms with Crippen molar-refractivity contribution in [2.24, 2.45) is 0 Å². The number of halogens is 3. The van der Waals surface area contributed by atoms with Crippen LogP contribution in [0.4, 0.5) is 18.9 Å². The Labute approximate surface area is 193 Å². The van der Waals surface area contributed by atoms with Crippen molar-refractivity contribution >= 4 is 17.6 Å². The molecule has 1 amide bonds. The van der Waals surface area contributed by atoms with Gasteiger partial charge >= 0.3 is 12.1 Å². The molecule has 0 bridgehead atoms. The Morgan fingerprint density at radius 2 is 1.88 bits per heavy atom. The molecular weight excluding hydrogens is 451 g/mol. The van der Waals surface area contributed by atoms with Crippen LogP contribution in [0.3, 0.4) is 0 Å². The number of carbonyl (C=O) groups is 2. The second-order valence-corrected chi connectivity index (χ2v) is 7.33. The molecule has 0 aliphatic heterocycles. The molecule has 2 heterocycles. The van der Waals surface area contributed by atoms with Crippen LogP contribution in [-0.2, 0) is 11.0 Å². The summed E-state index contributed by atoms with van der Waals surface area (Å²) in [6, 6.07) is 10.1. The molecule has 3 rings (SSSR count). The number of aliphatic carboxylic acids is 1. The van der Waals surface area contributed by atoms with Crippen LogP contribution in [0.25, 0.3) is 5.82 Å². The normalized spacial score (nSPS) is 12.5. The van der Waals surface area contributed by atoms with E-state index < -0.39 is 23.6 Å². The summed E-state index contributed by atoms with van der Waals surface area (Å²) in [4.78, 5) is 26.8. The number of carboxylic acids is 1. The third-order valence-corrected chi connectivity index (χ3v) is 4.83. The number of nitrogens with zero attached hydrogens (tertiary/aromatic N) is 3. The van der Waals surface area contributed by atoms with E-state index in [0.717, 1.165) is 47.8 Å². The first-order chi connectivity index (χ1) is 16.2. The number of alkyl halides is 3. The van der Waals surface area contributed by atoms with Gasteiger partial charge in [-0.15, -0.1) is 0 Å². The fraction of sp³-hybridized carbons (Fsp3) is 0.217. The average molecular weight is 473 g/mol. The lowest BCUT2D eigenvalue weighted by Crippen LogP contribution is -2.18. The van der Waals surface area contributed by atoms with Crippen LogP contribution in [0.1, 0.15) is 47.3 Å². The first-order valence-electron chi connectivity index (χ1n) is 10.3. The van der Waals surface area contributed by atoms with Gasteiger partial charge in [-0.05, 0) is 36.2 Å². The average Bonchev–Trinajstić information content (AvgIpc) is 3.30. The van der Waals surface area contributed by atoms with Gasteiger partial charge in [-0.1, -0.05) is 25.5 Å². The summed E-state index contributed by atoms with van der Waals surface area (Å²) in [6.07, 6.45) is 2.21. The molecule has 1 aromatic carbocycles. The summed E-state index contributed by atoms with van der Waals surface area (Å²) in [6.45, 7) is 2.03. The Balaban J connectivity index is 1.69. The van der Waals surface area contributed by atoms with E-state index in [0.29, 0.717) is 11.3 Å².